The number of nitrogens with zero attached hydrogens (tertiary/aromatic N) is 2. The minimum absolute atomic E-state index is 0.0252. The molecule has 112 valence electrons. The van der Waals surface area contributed by atoms with Gasteiger partial charge in [-0.1, -0.05) is 36.8 Å². The molecule has 0 bridgehead atoms. The van der Waals surface area contributed by atoms with E-state index in [-0.39, 0.29) is 11.6 Å². The van der Waals surface area contributed by atoms with Gasteiger partial charge in [-0.25, -0.2) is 0 Å². The standard InChI is InChI=1S/C17H23N3O/c1-3-10-20-11-8-17(9-12-20)18-15(16(21)19-17)14-6-4-13(2)5-7-14/h4-7H,3,8-12H2,1-2H3,(H,19,21). The number of benzene rings is 1. The highest BCUT2D eigenvalue weighted by atomic mass is 16.2. The van der Waals surface area contributed by atoms with E-state index in [0.717, 1.165) is 38.0 Å². The molecule has 0 saturated carbocycles. The summed E-state index contributed by atoms with van der Waals surface area (Å²) in [5, 5.41) is 3.13. The van der Waals surface area contributed by atoms with Crippen LogP contribution >= 0.6 is 0 Å². The van der Waals surface area contributed by atoms with Crippen molar-refractivity contribution >= 4 is 11.6 Å². The van der Waals surface area contributed by atoms with Crippen molar-refractivity contribution in [2.24, 2.45) is 4.99 Å². The molecular weight excluding hydrogens is 262 g/mol. The van der Waals surface area contributed by atoms with Crippen LogP contribution in [0.3, 0.4) is 0 Å². The molecule has 1 aromatic rings. The molecule has 0 aromatic heterocycles. The molecule has 21 heavy (non-hydrogen) atoms. The average Bonchev–Trinajstić information content (AvgIpc) is 2.80. The van der Waals surface area contributed by atoms with E-state index < -0.39 is 0 Å². The molecule has 4 nitrogen and oxygen atoms in total. The van der Waals surface area contributed by atoms with Crippen molar-refractivity contribution in [2.45, 2.75) is 38.8 Å². The summed E-state index contributed by atoms with van der Waals surface area (Å²) in [4.78, 5) is 19.5. The van der Waals surface area contributed by atoms with Gasteiger partial charge in [-0.05, 0) is 19.9 Å². The lowest BCUT2D eigenvalue weighted by atomic mass is 9.98. The summed E-state index contributed by atoms with van der Waals surface area (Å²) in [7, 11) is 0. The van der Waals surface area contributed by atoms with E-state index in [1.807, 2.05) is 31.2 Å². The first-order valence-electron chi connectivity index (χ1n) is 7.84. The lowest BCUT2D eigenvalue weighted by Gasteiger charge is -2.37. The molecule has 1 fully saturated rings. The molecule has 0 atom stereocenters. The molecule has 1 saturated heterocycles. The number of amides is 1. The van der Waals surface area contributed by atoms with E-state index in [0.29, 0.717) is 5.71 Å². The second-order valence-corrected chi connectivity index (χ2v) is 6.15. The number of rotatable bonds is 3. The number of carbonyl (C=O) groups is 1. The summed E-state index contributed by atoms with van der Waals surface area (Å²) in [6, 6.07) is 8.03. The van der Waals surface area contributed by atoms with Gasteiger partial charge >= 0.3 is 0 Å². The second kappa shape index (κ2) is 5.60. The lowest BCUT2D eigenvalue weighted by Crippen LogP contribution is -2.51. The zero-order valence-corrected chi connectivity index (χ0v) is 12.9. The predicted molar refractivity (Wildman–Crippen MR) is 84.6 cm³/mol. The monoisotopic (exact) mass is 285 g/mol. The number of piperidine rings is 1. The van der Waals surface area contributed by atoms with Gasteiger partial charge in [0.05, 0.1) is 0 Å². The van der Waals surface area contributed by atoms with Crippen LogP contribution in [0.25, 0.3) is 0 Å². The van der Waals surface area contributed by atoms with Gasteiger partial charge in [0.2, 0.25) is 0 Å². The van der Waals surface area contributed by atoms with E-state index in [1.54, 1.807) is 0 Å². The van der Waals surface area contributed by atoms with Crippen molar-refractivity contribution in [1.29, 1.82) is 0 Å². The van der Waals surface area contributed by atoms with Crippen LogP contribution in [-0.4, -0.2) is 41.8 Å². The molecule has 0 unspecified atom stereocenters. The normalized spacial score (nSPS) is 21.4. The van der Waals surface area contributed by atoms with Crippen LogP contribution in [0.1, 0.15) is 37.3 Å². The quantitative estimate of drug-likeness (QED) is 0.924. The zero-order valence-electron chi connectivity index (χ0n) is 12.9. The highest BCUT2D eigenvalue weighted by molar-refractivity contribution is 6.46. The number of carbonyl (C=O) groups excluding carboxylic acids is 1. The van der Waals surface area contributed by atoms with E-state index in [2.05, 4.69) is 17.1 Å². The molecular formula is C17H23N3O. The first kappa shape index (κ1) is 14.3. The molecule has 1 aromatic carbocycles. The third kappa shape index (κ3) is 2.86. The van der Waals surface area contributed by atoms with E-state index in [9.17, 15) is 4.79 Å². The van der Waals surface area contributed by atoms with Gasteiger partial charge < -0.3 is 10.2 Å². The molecule has 1 spiro atoms. The van der Waals surface area contributed by atoms with Gasteiger partial charge in [0.15, 0.2) is 0 Å². The topological polar surface area (TPSA) is 44.7 Å². The number of aryl methyl sites for hydroxylation is 1. The molecule has 2 heterocycles. The molecule has 1 N–H and O–H groups in total. The lowest BCUT2D eigenvalue weighted by molar-refractivity contribution is -0.115. The number of hydrogen-bond donors (Lipinski definition) is 1. The highest BCUT2D eigenvalue weighted by Crippen LogP contribution is 2.28. The number of likely N-dealkylation sites (tertiary alicyclic amines) is 1. The Kier molecular flexibility index (Phi) is 3.81. The zero-order chi connectivity index (χ0) is 14.9. The van der Waals surface area contributed by atoms with E-state index in [1.165, 1.54) is 12.0 Å². The van der Waals surface area contributed by atoms with Crippen molar-refractivity contribution in [1.82, 2.24) is 10.2 Å². The Balaban J connectivity index is 1.78. The summed E-state index contributed by atoms with van der Waals surface area (Å²) in [5.41, 5.74) is 2.35. The van der Waals surface area contributed by atoms with Crippen molar-refractivity contribution in [3.63, 3.8) is 0 Å². The molecule has 1 amide bonds. The third-order valence-electron chi connectivity index (χ3n) is 4.44. The summed E-state index contributed by atoms with van der Waals surface area (Å²) < 4.78 is 0. The first-order valence-corrected chi connectivity index (χ1v) is 7.84. The SMILES string of the molecule is CCCN1CCC2(CC1)N=C(c1ccc(C)cc1)C(=O)N2. The van der Waals surface area contributed by atoms with Gasteiger partial charge in [-0.15, -0.1) is 0 Å². The number of nitrogens with one attached hydrogen (secondary N) is 1. The maximum absolute atomic E-state index is 12.3. The molecule has 0 radical (unpaired) electrons. The van der Waals surface area contributed by atoms with Crippen molar-refractivity contribution in [3.05, 3.63) is 35.4 Å². The van der Waals surface area contributed by atoms with E-state index in [4.69, 9.17) is 4.99 Å². The van der Waals surface area contributed by atoms with Gasteiger partial charge in [0, 0.05) is 31.5 Å². The smallest absolute Gasteiger partial charge is 0.272 e. The summed E-state index contributed by atoms with van der Waals surface area (Å²) >= 11 is 0. The molecule has 2 aliphatic rings. The van der Waals surface area contributed by atoms with Crippen LogP contribution in [0.15, 0.2) is 29.3 Å². The molecule has 0 aliphatic carbocycles. The Morgan fingerprint density at radius 2 is 1.90 bits per heavy atom. The van der Waals surface area contributed by atoms with Crippen LogP contribution in [0.2, 0.25) is 0 Å². The highest BCUT2D eigenvalue weighted by Gasteiger charge is 2.41. The summed E-state index contributed by atoms with van der Waals surface area (Å²) in [6.45, 7) is 7.41. The van der Waals surface area contributed by atoms with Crippen molar-refractivity contribution < 1.29 is 4.79 Å². The maximum atomic E-state index is 12.3. The van der Waals surface area contributed by atoms with Gasteiger partial charge in [-0.2, -0.15) is 0 Å². The second-order valence-electron chi connectivity index (χ2n) is 6.15. The molecule has 4 heteroatoms. The van der Waals surface area contributed by atoms with Crippen molar-refractivity contribution in [3.8, 4) is 0 Å². The first-order chi connectivity index (χ1) is 10.1. The Labute approximate surface area is 126 Å². The Morgan fingerprint density at radius 1 is 1.24 bits per heavy atom. The number of hydrogen-bond acceptors (Lipinski definition) is 3. The molecule has 3 rings (SSSR count). The minimum Gasteiger partial charge on any atom is -0.326 e. The minimum atomic E-state index is -0.360. The predicted octanol–water partition coefficient (Wildman–Crippen LogP) is 2.12. The van der Waals surface area contributed by atoms with Gasteiger partial charge in [0.1, 0.15) is 11.4 Å². The fraction of sp³-hybridized carbons (Fsp3) is 0.529. The largest absolute Gasteiger partial charge is 0.326 e. The summed E-state index contributed by atoms with van der Waals surface area (Å²) in [5.74, 6) is -0.0252. The fourth-order valence-electron chi connectivity index (χ4n) is 3.17. The number of aliphatic imine (C=N–C) groups is 1. The van der Waals surface area contributed by atoms with Crippen LogP contribution < -0.4 is 5.32 Å². The third-order valence-corrected chi connectivity index (χ3v) is 4.44. The van der Waals surface area contributed by atoms with Crippen LogP contribution in [-0.2, 0) is 4.79 Å². The average molecular weight is 285 g/mol. The maximum Gasteiger partial charge on any atom is 0.272 e. The van der Waals surface area contributed by atoms with Gasteiger partial charge in [-0.3, -0.25) is 9.79 Å². The van der Waals surface area contributed by atoms with Crippen LogP contribution in [0, 0.1) is 6.92 Å². The van der Waals surface area contributed by atoms with Crippen LogP contribution in [0.5, 0.6) is 0 Å². The Hall–Kier alpha value is -1.68. The Morgan fingerprint density at radius 3 is 2.52 bits per heavy atom. The van der Waals surface area contributed by atoms with Gasteiger partial charge in [0.25, 0.3) is 5.91 Å². The van der Waals surface area contributed by atoms with E-state index >= 15 is 0 Å². The Bertz CT molecular complexity index is 554. The van der Waals surface area contributed by atoms with Crippen LogP contribution in [0.4, 0.5) is 0 Å². The molecule has 2 aliphatic heterocycles. The summed E-state index contributed by atoms with van der Waals surface area (Å²) in [6.07, 6.45) is 3.00. The fourth-order valence-corrected chi connectivity index (χ4v) is 3.17. The van der Waals surface area contributed by atoms with Crippen molar-refractivity contribution in [2.75, 3.05) is 19.6 Å².